The van der Waals surface area contributed by atoms with Crippen molar-refractivity contribution >= 4 is 11.6 Å². The van der Waals surface area contributed by atoms with Crippen LogP contribution < -0.4 is 5.32 Å². The van der Waals surface area contributed by atoms with E-state index in [1.54, 1.807) is 0 Å². The highest BCUT2D eigenvalue weighted by Crippen LogP contribution is 2.29. The summed E-state index contributed by atoms with van der Waals surface area (Å²) in [5.74, 6) is 0. The van der Waals surface area contributed by atoms with Gasteiger partial charge in [0.1, 0.15) is 0 Å². The molecule has 0 saturated heterocycles. The molecule has 0 aliphatic heterocycles. The van der Waals surface area contributed by atoms with Gasteiger partial charge in [0.2, 0.25) is 0 Å². The first kappa shape index (κ1) is 14.1. The van der Waals surface area contributed by atoms with Gasteiger partial charge in [-0.15, -0.1) is 0 Å². The van der Waals surface area contributed by atoms with Gasteiger partial charge in [-0.05, 0) is 50.6 Å². The monoisotopic (exact) mass is 273 g/mol. The minimum Gasteiger partial charge on any atom is -0.309 e. The summed E-state index contributed by atoms with van der Waals surface area (Å²) in [6.07, 6.45) is 0. The Hall–Kier alpha value is -1.31. The van der Waals surface area contributed by atoms with Crippen LogP contribution in [0.5, 0.6) is 0 Å². The summed E-state index contributed by atoms with van der Waals surface area (Å²) in [4.78, 5) is 0. The van der Waals surface area contributed by atoms with Gasteiger partial charge in [0.05, 0.1) is 6.04 Å². The Bertz CT molecular complexity index is 570. The van der Waals surface area contributed by atoms with Gasteiger partial charge in [0.15, 0.2) is 0 Å². The van der Waals surface area contributed by atoms with Crippen molar-refractivity contribution in [1.82, 2.24) is 5.32 Å². The zero-order valence-corrected chi connectivity index (χ0v) is 12.7. The molecule has 0 aliphatic carbocycles. The first-order chi connectivity index (χ1) is 9.01. The molecule has 1 nitrogen and oxygen atoms in total. The Balaban J connectivity index is 2.49. The second-order valence-corrected chi connectivity index (χ2v) is 5.57. The van der Waals surface area contributed by atoms with Gasteiger partial charge in [-0.2, -0.15) is 0 Å². The van der Waals surface area contributed by atoms with Crippen molar-refractivity contribution < 1.29 is 0 Å². The summed E-state index contributed by atoms with van der Waals surface area (Å²) in [5.41, 5.74) is 6.12. The zero-order chi connectivity index (χ0) is 14.0. The number of benzene rings is 2. The number of rotatable bonds is 3. The maximum Gasteiger partial charge on any atom is 0.0589 e. The molecule has 2 aromatic carbocycles. The van der Waals surface area contributed by atoms with Crippen molar-refractivity contribution in [3.63, 3.8) is 0 Å². The lowest BCUT2D eigenvalue weighted by molar-refractivity contribution is 0.690. The molecule has 0 aromatic heterocycles. The molecule has 0 heterocycles. The van der Waals surface area contributed by atoms with Crippen LogP contribution in [0.4, 0.5) is 0 Å². The van der Waals surface area contributed by atoms with Gasteiger partial charge in [-0.1, -0.05) is 53.1 Å². The minimum absolute atomic E-state index is 0.131. The van der Waals surface area contributed by atoms with Gasteiger partial charge < -0.3 is 5.32 Å². The number of halogens is 1. The molecule has 1 atom stereocenters. The Morgan fingerprint density at radius 3 is 2.05 bits per heavy atom. The average molecular weight is 274 g/mol. The fourth-order valence-corrected chi connectivity index (χ4v) is 2.89. The third kappa shape index (κ3) is 3.17. The molecule has 100 valence electrons. The Kier molecular flexibility index (Phi) is 4.28. The molecule has 1 N–H and O–H groups in total. The van der Waals surface area contributed by atoms with Crippen LogP contribution in [-0.2, 0) is 0 Å². The number of aryl methyl sites for hydroxylation is 3. The summed E-state index contributed by atoms with van der Waals surface area (Å²) in [6, 6.07) is 13.0. The number of hydrogen-bond acceptors (Lipinski definition) is 1. The minimum atomic E-state index is 0.131. The normalized spacial score (nSPS) is 12.5. The van der Waals surface area contributed by atoms with E-state index in [9.17, 15) is 0 Å². The van der Waals surface area contributed by atoms with Crippen LogP contribution in [0.25, 0.3) is 0 Å². The van der Waals surface area contributed by atoms with Crippen LogP contribution in [-0.4, -0.2) is 7.05 Å². The van der Waals surface area contributed by atoms with E-state index in [1.807, 2.05) is 13.1 Å². The van der Waals surface area contributed by atoms with Crippen molar-refractivity contribution in [2.45, 2.75) is 26.8 Å². The molecule has 0 aliphatic rings. The highest BCUT2D eigenvalue weighted by molar-refractivity contribution is 6.31. The summed E-state index contributed by atoms with van der Waals surface area (Å²) in [5, 5.41) is 4.18. The Labute approximate surface area is 120 Å². The van der Waals surface area contributed by atoms with Crippen LogP contribution in [0.2, 0.25) is 5.02 Å². The second-order valence-electron chi connectivity index (χ2n) is 5.17. The summed E-state index contributed by atoms with van der Waals surface area (Å²) in [6.45, 7) is 6.31. The van der Waals surface area contributed by atoms with Crippen molar-refractivity contribution in [1.29, 1.82) is 0 Å². The highest BCUT2D eigenvalue weighted by Gasteiger charge is 2.15. The number of nitrogens with one attached hydrogen (secondary N) is 1. The molecule has 2 aromatic rings. The topological polar surface area (TPSA) is 12.0 Å². The fraction of sp³-hybridized carbons (Fsp3) is 0.294. The largest absolute Gasteiger partial charge is 0.309 e. The van der Waals surface area contributed by atoms with E-state index in [0.29, 0.717) is 0 Å². The first-order valence-corrected chi connectivity index (χ1v) is 6.90. The maximum atomic E-state index is 6.39. The van der Waals surface area contributed by atoms with Gasteiger partial charge in [-0.25, -0.2) is 0 Å². The van der Waals surface area contributed by atoms with E-state index in [-0.39, 0.29) is 6.04 Å². The van der Waals surface area contributed by atoms with Crippen molar-refractivity contribution in [3.05, 3.63) is 69.2 Å². The smallest absolute Gasteiger partial charge is 0.0589 e. The summed E-state index contributed by atoms with van der Waals surface area (Å²) in [7, 11) is 1.97. The predicted octanol–water partition coefficient (Wildman–Crippen LogP) is 4.57. The summed E-state index contributed by atoms with van der Waals surface area (Å²) >= 11 is 6.39. The van der Waals surface area contributed by atoms with Crippen molar-refractivity contribution in [3.8, 4) is 0 Å². The van der Waals surface area contributed by atoms with E-state index < -0.39 is 0 Å². The second kappa shape index (κ2) is 5.77. The molecular weight excluding hydrogens is 254 g/mol. The molecule has 2 heteroatoms. The Morgan fingerprint density at radius 1 is 0.895 bits per heavy atom. The highest BCUT2D eigenvalue weighted by atomic mass is 35.5. The third-order valence-corrected chi connectivity index (χ3v) is 3.66. The SMILES string of the molecule is CNC(c1cc(C)cc(C)c1)c1ccc(C)cc1Cl. The fourth-order valence-electron chi connectivity index (χ4n) is 2.54. The van der Waals surface area contributed by atoms with Crippen LogP contribution in [0, 0.1) is 20.8 Å². The van der Waals surface area contributed by atoms with Crippen molar-refractivity contribution in [2.24, 2.45) is 0 Å². The molecule has 0 spiro atoms. The van der Waals surface area contributed by atoms with Crippen LogP contribution >= 0.6 is 11.6 Å². The Morgan fingerprint density at radius 2 is 1.53 bits per heavy atom. The van der Waals surface area contributed by atoms with E-state index in [4.69, 9.17) is 11.6 Å². The lowest BCUT2D eigenvalue weighted by Crippen LogP contribution is -2.18. The molecule has 0 amide bonds. The standard InChI is InChI=1S/C17H20ClN/c1-11-5-6-15(16(18)10-11)17(19-4)14-8-12(2)7-13(3)9-14/h5-10,17,19H,1-4H3. The van der Waals surface area contributed by atoms with Gasteiger partial charge in [0, 0.05) is 5.02 Å². The van der Waals surface area contributed by atoms with E-state index in [0.717, 1.165) is 10.6 Å². The molecule has 0 saturated carbocycles. The molecule has 19 heavy (non-hydrogen) atoms. The molecule has 0 bridgehead atoms. The van der Waals surface area contributed by atoms with Crippen LogP contribution in [0.3, 0.4) is 0 Å². The van der Waals surface area contributed by atoms with E-state index in [2.05, 4.69) is 56.4 Å². The number of hydrogen-bond donors (Lipinski definition) is 1. The quantitative estimate of drug-likeness (QED) is 0.863. The van der Waals surface area contributed by atoms with Gasteiger partial charge >= 0.3 is 0 Å². The van der Waals surface area contributed by atoms with Crippen molar-refractivity contribution in [2.75, 3.05) is 7.05 Å². The average Bonchev–Trinajstić information content (AvgIpc) is 2.31. The van der Waals surface area contributed by atoms with Gasteiger partial charge in [-0.3, -0.25) is 0 Å². The molecule has 2 rings (SSSR count). The van der Waals surface area contributed by atoms with Crippen LogP contribution in [0.1, 0.15) is 33.9 Å². The van der Waals surface area contributed by atoms with Crippen LogP contribution in [0.15, 0.2) is 36.4 Å². The third-order valence-electron chi connectivity index (χ3n) is 3.33. The van der Waals surface area contributed by atoms with E-state index >= 15 is 0 Å². The molecule has 0 fully saturated rings. The zero-order valence-electron chi connectivity index (χ0n) is 11.9. The maximum absolute atomic E-state index is 6.39. The summed E-state index contributed by atoms with van der Waals surface area (Å²) < 4.78 is 0. The molecule has 0 radical (unpaired) electrons. The first-order valence-electron chi connectivity index (χ1n) is 6.53. The lowest BCUT2D eigenvalue weighted by Gasteiger charge is -2.20. The lowest BCUT2D eigenvalue weighted by atomic mass is 9.95. The predicted molar refractivity (Wildman–Crippen MR) is 83.0 cm³/mol. The van der Waals surface area contributed by atoms with E-state index in [1.165, 1.54) is 22.3 Å². The molecule has 1 unspecified atom stereocenters. The van der Waals surface area contributed by atoms with Gasteiger partial charge in [0.25, 0.3) is 0 Å². The molecular formula is C17H20ClN.